The number of nitrogens with zero attached hydrogens (tertiary/aromatic N) is 3. The Hall–Kier alpha value is -2.81. The van der Waals surface area contributed by atoms with Crippen LogP contribution in [0.5, 0.6) is 11.5 Å². The summed E-state index contributed by atoms with van der Waals surface area (Å²) in [4.78, 5) is 23.3. The first-order chi connectivity index (χ1) is 14.1. The maximum atomic E-state index is 12.0. The van der Waals surface area contributed by atoms with Gasteiger partial charge in [-0.15, -0.1) is 0 Å². The average Bonchev–Trinajstić information content (AvgIpc) is 3.29. The van der Waals surface area contributed by atoms with Gasteiger partial charge < -0.3 is 29.7 Å². The zero-order valence-corrected chi connectivity index (χ0v) is 17.4. The third-order valence-electron chi connectivity index (χ3n) is 4.96. The second-order valence-electron chi connectivity index (χ2n) is 6.91. The van der Waals surface area contributed by atoms with Crippen molar-refractivity contribution in [3.8, 4) is 11.5 Å². The molecule has 0 aliphatic carbocycles. The summed E-state index contributed by atoms with van der Waals surface area (Å²) in [6, 6.07) is 3.71. The van der Waals surface area contributed by atoms with Gasteiger partial charge in [-0.1, -0.05) is 0 Å². The van der Waals surface area contributed by atoms with E-state index in [0.29, 0.717) is 43.0 Å². The molecule has 9 nitrogen and oxygen atoms in total. The van der Waals surface area contributed by atoms with E-state index in [1.165, 1.54) is 0 Å². The number of anilines is 2. The first-order valence-electron chi connectivity index (χ1n) is 9.79. The van der Waals surface area contributed by atoms with Crippen LogP contribution in [0.4, 0.5) is 11.8 Å². The maximum absolute atomic E-state index is 12.0. The van der Waals surface area contributed by atoms with Crippen molar-refractivity contribution in [1.82, 2.24) is 15.3 Å². The molecule has 0 spiro atoms. The first kappa shape index (κ1) is 20.9. The highest BCUT2D eigenvalue weighted by Gasteiger charge is 2.23. The second-order valence-corrected chi connectivity index (χ2v) is 6.91. The van der Waals surface area contributed by atoms with Crippen LogP contribution < -0.4 is 25.0 Å². The second kappa shape index (κ2) is 9.60. The Labute approximate surface area is 170 Å². The Balaban J connectivity index is 1.67. The van der Waals surface area contributed by atoms with Crippen LogP contribution in [0.15, 0.2) is 12.1 Å². The molecule has 3 rings (SSSR count). The molecule has 1 aromatic carbocycles. The topological polar surface area (TPSA) is 97.8 Å². The van der Waals surface area contributed by atoms with Gasteiger partial charge in [0.25, 0.3) is 0 Å². The Morgan fingerprint density at radius 2 is 2.03 bits per heavy atom. The van der Waals surface area contributed by atoms with Crippen molar-refractivity contribution in [3.05, 3.63) is 12.1 Å². The average molecular weight is 403 g/mol. The van der Waals surface area contributed by atoms with E-state index in [-0.39, 0.29) is 12.0 Å². The summed E-state index contributed by atoms with van der Waals surface area (Å²) in [5.74, 6) is 2.53. The van der Waals surface area contributed by atoms with E-state index in [9.17, 15) is 4.79 Å². The third kappa shape index (κ3) is 4.79. The first-order valence-corrected chi connectivity index (χ1v) is 9.79. The minimum absolute atomic E-state index is 0.0226. The van der Waals surface area contributed by atoms with Crippen molar-refractivity contribution < 1.29 is 19.0 Å². The standard InChI is InChI=1S/C20H29N5O4/c1-21-18-13-11-16(27-3)17(28-4)12-14(13)23-20(24-18)25(2)9-6-8-22-19(26)15-7-5-10-29-15/h11-12,15H,5-10H2,1-4H3,(H,22,26)(H,21,23,24). The number of ether oxygens (including phenoxy) is 3. The highest BCUT2D eigenvalue weighted by atomic mass is 16.5. The van der Waals surface area contributed by atoms with Crippen LogP contribution in [0.3, 0.4) is 0 Å². The van der Waals surface area contributed by atoms with Crippen LogP contribution >= 0.6 is 0 Å². The van der Waals surface area contributed by atoms with Gasteiger partial charge in [-0.3, -0.25) is 4.79 Å². The van der Waals surface area contributed by atoms with Crippen LogP contribution in [0.2, 0.25) is 0 Å². The molecule has 2 N–H and O–H groups in total. The third-order valence-corrected chi connectivity index (χ3v) is 4.96. The van der Waals surface area contributed by atoms with E-state index in [4.69, 9.17) is 14.2 Å². The Bertz CT molecular complexity index is 854. The van der Waals surface area contributed by atoms with Crippen LogP contribution in [-0.4, -0.2) is 70.0 Å². The highest BCUT2D eigenvalue weighted by Crippen LogP contribution is 2.34. The van der Waals surface area contributed by atoms with Gasteiger partial charge in [0.1, 0.15) is 11.9 Å². The van der Waals surface area contributed by atoms with Gasteiger partial charge in [0.15, 0.2) is 11.5 Å². The number of hydrogen-bond acceptors (Lipinski definition) is 8. The summed E-state index contributed by atoms with van der Waals surface area (Å²) < 4.78 is 16.2. The molecule has 0 bridgehead atoms. The van der Waals surface area contributed by atoms with Gasteiger partial charge in [-0.25, -0.2) is 4.98 Å². The van der Waals surface area contributed by atoms with Crippen molar-refractivity contribution in [2.75, 3.05) is 58.2 Å². The largest absolute Gasteiger partial charge is 0.493 e. The lowest BCUT2D eigenvalue weighted by Gasteiger charge is -2.19. The van der Waals surface area contributed by atoms with E-state index in [1.807, 2.05) is 31.1 Å². The van der Waals surface area contributed by atoms with Crippen LogP contribution in [0, 0.1) is 0 Å². The molecule has 1 aliphatic rings. The van der Waals surface area contributed by atoms with Gasteiger partial charge >= 0.3 is 0 Å². The molecular formula is C20H29N5O4. The molecular weight excluding hydrogens is 374 g/mol. The van der Waals surface area contributed by atoms with Gasteiger partial charge in [0.05, 0.1) is 19.7 Å². The van der Waals surface area contributed by atoms with E-state index in [2.05, 4.69) is 20.6 Å². The fourth-order valence-corrected chi connectivity index (χ4v) is 3.33. The number of carbonyl (C=O) groups is 1. The molecule has 2 aromatic rings. The van der Waals surface area contributed by atoms with Crippen molar-refractivity contribution in [2.24, 2.45) is 0 Å². The zero-order valence-electron chi connectivity index (χ0n) is 17.4. The number of fused-ring (bicyclic) bond motifs is 1. The monoisotopic (exact) mass is 403 g/mol. The minimum Gasteiger partial charge on any atom is -0.493 e. The summed E-state index contributed by atoms with van der Waals surface area (Å²) in [6.07, 6.45) is 2.24. The lowest BCUT2D eigenvalue weighted by atomic mass is 10.2. The van der Waals surface area contributed by atoms with E-state index in [1.54, 1.807) is 14.2 Å². The molecule has 1 aliphatic heterocycles. The Morgan fingerprint density at radius 1 is 1.28 bits per heavy atom. The molecule has 0 radical (unpaired) electrons. The van der Waals surface area contributed by atoms with E-state index >= 15 is 0 Å². The van der Waals surface area contributed by atoms with Gasteiger partial charge in [-0.2, -0.15) is 4.98 Å². The number of carbonyl (C=O) groups excluding carboxylic acids is 1. The predicted molar refractivity (Wildman–Crippen MR) is 112 cm³/mol. The molecule has 1 fully saturated rings. The molecule has 29 heavy (non-hydrogen) atoms. The summed E-state index contributed by atoms with van der Waals surface area (Å²) in [5.41, 5.74) is 0.760. The lowest BCUT2D eigenvalue weighted by molar-refractivity contribution is -0.130. The predicted octanol–water partition coefficient (Wildman–Crippen LogP) is 1.81. The molecule has 1 amide bonds. The molecule has 2 heterocycles. The van der Waals surface area contributed by atoms with Gasteiger partial charge in [-0.05, 0) is 25.3 Å². The zero-order chi connectivity index (χ0) is 20.8. The normalized spacial score (nSPS) is 15.9. The highest BCUT2D eigenvalue weighted by molar-refractivity contribution is 5.92. The lowest BCUT2D eigenvalue weighted by Crippen LogP contribution is -2.36. The quantitative estimate of drug-likeness (QED) is 0.612. The van der Waals surface area contributed by atoms with E-state index < -0.39 is 0 Å². The molecule has 1 saturated heterocycles. The van der Waals surface area contributed by atoms with Gasteiger partial charge in [0.2, 0.25) is 11.9 Å². The smallest absolute Gasteiger partial charge is 0.249 e. The van der Waals surface area contributed by atoms with Crippen molar-refractivity contribution in [3.63, 3.8) is 0 Å². The van der Waals surface area contributed by atoms with Gasteiger partial charge in [0, 0.05) is 45.2 Å². The molecule has 158 valence electrons. The Kier molecular flexibility index (Phi) is 6.92. The number of rotatable bonds is 9. The van der Waals surface area contributed by atoms with Crippen molar-refractivity contribution >= 4 is 28.6 Å². The number of benzene rings is 1. The summed E-state index contributed by atoms with van der Waals surface area (Å²) in [6.45, 7) is 1.96. The number of aromatic nitrogens is 2. The Morgan fingerprint density at radius 3 is 2.69 bits per heavy atom. The molecule has 0 saturated carbocycles. The fourth-order valence-electron chi connectivity index (χ4n) is 3.33. The molecule has 1 aromatic heterocycles. The van der Waals surface area contributed by atoms with Crippen LogP contribution in [0.25, 0.3) is 10.9 Å². The maximum Gasteiger partial charge on any atom is 0.249 e. The van der Waals surface area contributed by atoms with Crippen molar-refractivity contribution in [1.29, 1.82) is 0 Å². The fraction of sp³-hybridized carbons (Fsp3) is 0.550. The summed E-state index contributed by atoms with van der Waals surface area (Å²) >= 11 is 0. The molecule has 1 unspecified atom stereocenters. The summed E-state index contributed by atoms with van der Waals surface area (Å²) in [5, 5.41) is 6.91. The van der Waals surface area contributed by atoms with E-state index in [0.717, 1.165) is 30.2 Å². The number of methoxy groups -OCH3 is 2. The SMILES string of the molecule is CNc1nc(N(C)CCCNC(=O)C2CCCO2)nc2cc(OC)c(OC)cc12. The minimum atomic E-state index is -0.290. The number of nitrogens with one attached hydrogen (secondary N) is 2. The van der Waals surface area contributed by atoms with Crippen molar-refractivity contribution in [2.45, 2.75) is 25.4 Å². The van der Waals surface area contributed by atoms with Crippen LogP contribution in [0.1, 0.15) is 19.3 Å². The molecule has 9 heteroatoms. The van der Waals surface area contributed by atoms with Crippen LogP contribution in [-0.2, 0) is 9.53 Å². The molecule has 1 atom stereocenters. The summed E-state index contributed by atoms with van der Waals surface area (Å²) in [7, 11) is 6.96. The number of amides is 1. The number of hydrogen-bond donors (Lipinski definition) is 2.